The van der Waals surface area contributed by atoms with Gasteiger partial charge in [-0.2, -0.15) is 4.57 Å². The molecule has 10 aromatic rings. The minimum atomic E-state index is -0.161. The fourth-order valence-corrected chi connectivity index (χ4v) is 9.76. The maximum atomic E-state index is 5.29. The Kier molecular flexibility index (Phi) is 10.8. The fraction of sp³-hybridized carbons (Fsp3) is 0.0806. The van der Waals surface area contributed by atoms with Crippen LogP contribution in [0.4, 0.5) is 0 Å². The lowest BCUT2D eigenvalue weighted by Crippen LogP contribution is -2.59. The quantitative estimate of drug-likeness (QED) is 0.129. The van der Waals surface area contributed by atoms with E-state index in [2.05, 4.69) is 164 Å². The van der Waals surface area contributed by atoms with Crippen molar-refractivity contribution in [1.29, 1.82) is 0 Å². The van der Waals surface area contributed by atoms with Gasteiger partial charge in [-0.1, -0.05) is 172 Å². The SMILES string of the molecule is C=C1c2ccc(-c3cccc(-c4cc(-c5nc(-c6ccccc6)cc(-c6ccccc6)n5)cc(-c5nc(-c6ccccc6)cc(-c6ccccc6)n5)c4)c3)cc2-c2cccc[n+]2C1(CC)CC. The molecule has 0 saturated heterocycles. The Morgan fingerprint density at radius 2 is 0.746 bits per heavy atom. The predicted molar refractivity (Wildman–Crippen MR) is 274 cm³/mol. The molecule has 67 heavy (non-hydrogen) atoms. The van der Waals surface area contributed by atoms with E-state index < -0.39 is 0 Å². The van der Waals surface area contributed by atoms with Crippen molar-refractivity contribution in [3.63, 3.8) is 0 Å². The van der Waals surface area contributed by atoms with Crippen molar-refractivity contribution in [2.24, 2.45) is 0 Å². The number of pyridine rings is 1. The predicted octanol–water partition coefficient (Wildman–Crippen LogP) is 15.1. The first-order valence-electron chi connectivity index (χ1n) is 23.1. The highest BCUT2D eigenvalue weighted by Crippen LogP contribution is 2.45. The number of hydrogen-bond donors (Lipinski definition) is 0. The van der Waals surface area contributed by atoms with Gasteiger partial charge in [0.15, 0.2) is 23.4 Å². The summed E-state index contributed by atoms with van der Waals surface area (Å²) in [6, 6.07) is 74.2. The zero-order chi connectivity index (χ0) is 45.3. The standard InChI is InChI=1S/C62H48N5/c1-4-62(5-2)42(3)53-33-32-49(39-54(53)59-31-18-19-34-67(59)62)47-29-20-30-48(35-47)50-36-51(60-63-55(43-21-10-6-11-22-43)40-56(64-60)44-23-12-7-13-24-44)38-52(37-50)61-65-57(45-25-14-8-15-26-45)41-58(66-61)46-27-16-9-17-28-46/h6-41H,3-5H2,1-2H3/q+1. The molecule has 11 rings (SSSR count). The Hall–Kier alpha value is -8.41. The van der Waals surface area contributed by atoms with E-state index in [9.17, 15) is 0 Å². The van der Waals surface area contributed by atoms with Crippen LogP contribution in [0.15, 0.2) is 225 Å². The van der Waals surface area contributed by atoms with Gasteiger partial charge >= 0.3 is 0 Å². The Morgan fingerprint density at radius 3 is 1.21 bits per heavy atom. The average Bonchev–Trinajstić information content (AvgIpc) is 3.42. The van der Waals surface area contributed by atoms with Crippen LogP contribution in [0.25, 0.3) is 107 Å². The van der Waals surface area contributed by atoms with E-state index in [1.807, 2.05) is 72.8 Å². The molecule has 0 aliphatic carbocycles. The van der Waals surface area contributed by atoms with Gasteiger partial charge in [0.2, 0.25) is 5.69 Å². The monoisotopic (exact) mass is 862 g/mol. The van der Waals surface area contributed by atoms with Gasteiger partial charge in [-0.15, -0.1) is 0 Å². The summed E-state index contributed by atoms with van der Waals surface area (Å²) >= 11 is 0. The minimum absolute atomic E-state index is 0.161. The molecule has 0 unspecified atom stereocenters. The molecule has 0 fully saturated rings. The first-order valence-corrected chi connectivity index (χ1v) is 23.1. The molecule has 0 amide bonds. The molecule has 0 saturated carbocycles. The van der Waals surface area contributed by atoms with Crippen molar-refractivity contribution in [1.82, 2.24) is 19.9 Å². The zero-order valence-electron chi connectivity index (χ0n) is 37.6. The molecule has 3 aromatic heterocycles. The summed E-state index contributed by atoms with van der Waals surface area (Å²) in [5.74, 6) is 1.23. The summed E-state index contributed by atoms with van der Waals surface area (Å²) in [5, 5.41) is 0. The van der Waals surface area contributed by atoms with Crippen LogP contribution in [0.1, 0.15) is 32.3 Å². The summed E-state index contributed by atoms with van der Waals surface area (Å²) in [6.45, 7) is 9.26. The minimum Gasteiger partial charge on any atom is -0.228 e. The van der Waals surface area contributed by atoms with Crippen molar-refractivity contribution < 1.29 is 4.57 Å². The van der Waals surface area contributed by atoms with Crippen molar-refractivity contribution in [2.45, 2.75) is 32.2 Å². The van der Waals surface area contributed by atoms with E-state index in [-0.39, 0.29) is 5.54 Å². The van der Waals surface area contributed by atoms with E-state index in [0.717, 1.165) is 91.3 Å². The molecule has 7 aromatic carbocycles. The molecule has 5 heteroatoms. The van der Waals surface area contributed by atoms with Crippen molar-refractivity contribution in [3.8, 4) is 101 Å². The highest BCUT2D eigenvalue weighted by Gasteiger charge is 2.46. The summed E-state index contributed by atoms with van der Waals surface area (Å²) in [6.07, 6.45) is 4.16. The van der Waals surface area contributed by atoms with Crippen LogP contribution in [0.5, 0.6) is 0 Å². The van der Waals surface area contributed by atoms with Gasteiger partial charge in [-0.3, -0.25) is 0 Å². The second-order valence-corrected chi connectivity index (χ2v) is 17.2. The van der Waals surface area contributed by atoms with Gasteiger partial charge in [-0.25, -0.2) is 19.9 Å². The Labute approximate surface area is 392 Å². The molecule has 1 aliphatic rings. The van der Waals surface area contributed by atoms with E-state index in [1.54, 1.807) is 0 Å². The van der Waals surface area contributed by atoms with Gasteiger partial charge in [-0.05, 0) is 76.3 Å². The average molecular weight is 863 g/mol. The topological polar surface area (TPSA) is 55.4 Å². The molecule has 0 radical (unpaired) electrons. The van der Waals surface area contributed by atoms with Crippen molar-refractivity contribution in [3.05, 3.63) is 231 Å². The summed E-state index contributed by atoms with van der Waals surface area (Å²) < 4.78 is 2.45. The van der Waals surface area contributed by atoms with Gasteiger partial charge in [0.05, 0.1) is 28.3 Å². The molecule has 1 aliphatic heterocycles. The van der Waals surface area contributed by atoms with Crippen LogP contribution < -0.4 is 4.57 Å². The molecular formula is C62H48N5+. The van der Waals surface area contributed by atoms with Crippen LogP contribution >= 0.6 is 0 Å². The molecule has 0 bridgehead atoms. The molecular weight excluding hydrogens is 815 g/mol. The summed E-state index contributed by atoms with van der Waals surface area (Å²) in [4.78, 5) is 21.2. The van der Waals surface area contributed by atoms with Gasteiger partial charge < -0.3 is 0 Å². The van der Waals surface area contributed by atoms with Gasteiger partial charge in [0.25, 0.3) is 0 Å². The van der Waals surface area contributed by atoms with Crippen LogP contribution in [-0.4, -0.2) is 19.9 Å². The lowest BCUT2D eigenvalue weighted by atomic mass is 9.75. The number of rotatable bonds is 10. The van der Waals surface area contributed by atoms with Crippen LogP contribution in [-0.2, 0) is 5.54 Å². The first kappa shape index (κ1) is 41.3. The molecule has 0 atom stereocenters. The van der Waals surface area contributed by atoms with Crippen LogP contribution in [0.2, 0.25) is 0 Å². The largest absolute Gasteiger partial charge is 0.228 e. The third kappa shape index (κ3) is 7.74. The lowest BCUT2D eigenvalue weighted by molar-refractivity contribution is -0.741. The van der Waals surface area contributed by atoms with E-state index in [1.165, 1.54) is 22.4 Å². The van der Waals surface area contributed by atoms with Crippen LogP contribution in [0.3, 0.4) is 0 Å². The second-order valence-electron chi connectivity index (χ2n) is 17.2. The van der Waals surface area contributed by atoms with E-state index in [4.69, 9.17) is 26.5 Å². The Morgan fingerprint density at radius 1 is 0.358 bits per heavy atom. The summed E-state index contributed by atoms with van der Waals surface area (Å²) in [5.41, 5.74) is 18.1. The zero-order valence-corrected chi connectivity index (χ0v) is 37.6. The Balaban J connectivity index is 1.10. The highest BCUT2D eigenvalue weighted by molar-refractivity contribution is 5.88. The van der Waals surface area contributed by atoms with Crippen molar-refractivity contribution in [2.75, 3.05) is 0 Å². The molecule has 5 nitrogen and oxygen atoms in total. The van der Waals surface area contributed by atoms with E-state index >= 15 is 0 Å². The number of hydrogen-bond acceptors (Lipinski definition) is 4. The van der Waals surface area contributed by atoms with Crippen LogP contribution in [0, 0.1) is 0 Å². The third-order valence-corrected chi connectivity index (χ3v) is 13.4. The Bertz CT molecular complexity index is 3170. The van der Waals surface area contributed by atoms with Gasteiger partial charge in [0, 0.05) is 63.9 Å². The number of fused-ring (bicyclic) bond motifs is 3. The maximum Gasteiger partial charge on any atom is 0.213 e. The number of aromatic nitrogens is 5. The number of allylic oxidation sites excluding steroid dienone is 1. The van der Waals surface area contributed by atoms with Gasteiger partial charge in [0.1, 0.15) is 0 Å². The maximum absolute atomic E-state index is 5.29. The highest BCUT2D eigenvalue weighted by atomic mass is 15.1. The fourth-order valence-electron chi connectivity index (χ4n) is 9.76. The number of nitrogens with zero attached hydrogens (tertiary/aromatic N) is 5. The number of benzene rings is 7. The van der Waals surface area contributed by atoms with E-state index in [0.29, 0.717) is 11.6 Å². The smallest absolute Gasteiger partial charge is 0.213 e. The molecule has 320 valence electrons. The third-order valence-electron chi connectivity index (χ3n) is 13.4. The molecule has 4 heterocycles. The normalized spacial score (nSPS) is 12.6. The first-order chi connectivity index (χ1) is 33.0. The van der Waals surface area contributed by atoms with Crippen molar-refractivity contribution >= 4 is 5.57 Å². The lowest BCUT2D eigenvalue weighted by Gasteiger charge is -2.34. The second kappa shape index (κ2) is 17.5. The summed E-state index contributed by atoms with van der Waals surface area (Å²) in [7, 11) is 0. The molecule has 0 N–H and O–H groups in total. The molecule has 0 spiro atoms.